The molecule has 0 unspecified atom stereocenters. The van der Waals surface area contributed by atoms with Crippen molar-refractivity contribution in [2.24, 2.45) is 0 Å². The van der Waals surface area contributed by atoms with Crippen LogP contribution in [-0.2, 0) is 0 Å². The van der Waals surface area contributed by atoms with Crippen LogP contribution in [-0.4, -0.2) is 16.9 Å². The van der Waals surface area contributed by atoms with Gasteiger partial charge in [0.15, 0.2) is 0 Å². The number of amides is 1. The second kappa shape index (κ2) is 7.54. The van der Waals surface area contributed by atoms with Crippen LogP contribution in [0.15, 0.2) is 22.7 Å². The van der Waals surface area contributed by atoms with Crippen LogP contribution in [0, 0.1) is 10.1 Å². The fourth-order valence-electron chi connectivity index (χ4n) is 2.66. The number of benzene rings is 1. The van der Waals surface area contributed by atoms with E-state index in [0.29, 0.717) is 10.0 Å². The number of nitrogens with zero attached hydrogens (tertiary/aromatic N) is 1. The van der Waals surface area contributed by atoms with Gasteiger partial charge >= 0.3 is 0 Å². The molecule has 1 saturated carbocycles. The minimum atomic E-state index is -0.487. The monoisotopic (exact) mass is 354 g/mol. The molecule has 0 bridgehead atoms. The molecule has 0 aliphatic heterocycles. The number of nitrogens with one attached hydrogen (secondary N) is 1. The molecule has 1 N–H and O–H groups in total. The van der Waals surface area contributed by atoms with E-state index in [1.807, 2.05) is 0 Å². The first kappa shape index (κ1) is 15.9. The first-order valence-electron chi connectivity index (χ1n) is 7.33. The van der Waals surface area contributed by atoms with Gasteiger partial charge in [-0.25, -0.2) is 0 Å². The van der Waals surface area contributed by atoms with Gasteiger partial charge in [0.25, 0.3) is 11.6 Å². The van der Waals surface area contributed by atoms with E-state index in [9.17, 15) is 14.9 Å². The molecule has 1 fully saturated rings. The van der Waals surface area contributed by atoms with E-state index in [0.717, 1.165) is 25.7 Å². The average Bonchev–Trinajstić information content (AvgIpc) is 2.41. The maximum absolute atomic E-state index is 12.3. The highest BCUT2D eigenvalue weighted by Gasteiger charge is 2.19. The van der Waals surface area contributed by atoms with Crippen molar-refractivity contribution in [1.29, 1.82) is 0 Å². The highest BCUT2D eigenvalue weighted by molar-refractivity contribution is 9.10. The molecule has 21 heavy (non-hydrogen) atoms. The largest absolute Gasteiger partial charge is 0.349 e. The summed E-state index contributed by atoms with van der Waals surface area (Å²) in [6.45, 7) is 0. The van der Waals surface area contributed by atoms with Gasteiger partial charge < -0.3 is 5.32 Å². The Kier molecular flexibility index (Phi) is 5.73. The van der Waals surface area contributed by atoms with Gasteiger partial charge in [0.1, 0.15) is 0 Å². The summed E-state index contributed by atoms with van der Waals surface area (Å²) in [6.07, 6.45) is 7.93. The number of hydrogen-bond acceptors (Lipinski definition) is 3. The Hall–Kier alpha value is -1.43. The number of nitro groups is 1. The van der Waals surface area contributed by atoms with Crippen molar-refractivity contribution < 1.29 is 9.72 Å². The van der Waals surface area contributed by atoms with E-state index in [4.69, 9.17) is 0 Å². The third kappa shape index (κ3) is 4.52. The van der Waals surface area contributed by atoms with Crippen LogP contribution >= 0.6 is 15.9 Å². The van der Waals surface area contributed by atoms with E-state index in [1.165, 1.54) is 31.4 Å². The Morgan fingerprint density at radius 3 is 2.43 bits per heavy atom. The predicted octanol–water partition coefficient (Wildman–Crippen LogP) is 4.20. The molecule has 0 atom stereocenters. The number of hydrogen-bond donors (Lipinski definition) is 1. The van der Waals surface area contributed by atoms with Crippen molar-refractivity contribution >= 4 is 27.5 Å². The number of carbonyl (C=O) groups excluding carboxylic acids is 1. The fourth-order valence-corrected chi connectivity index (χ4v) is 3.09. The van der Waals surface area contributed by atoms with Crippen LogP contribution in [0.2, 0.25) is 0 Å². The normalized spacial score (nSPS) is 16.8. The molecule has 0 spiro atoms. The third-order valence-electron chi connectivity index (χ3n) is 3.85. The molecule has 1 aliphatic rings. The van der Waals surface area contributed by atoms with E-state index in [-0.39, 0.29) is 17.6 Å². The Morgan fingerprint density at radius 2 is 1.81 bits per heavy atom. The van der Waals surface area contributed by atoms with Crippen LogP contribution in [0.25, 0.3) is 0 Å². The molecule has 0 saturated heterocycles. The SMILES string of the molecule is O=C(NC1CCCCCCC1)c1cc([N+](=O)[O-])ccc1Br. The lowest BCUT2D eigenvalue weighted by atomic mass is 9.96. The molecule has 1 aromatic carbocycles. The molecule has 0 aromatic heterocycles. The zero-order chi connectivity index (χ0) is 15.2. The zero-order valence-corrected chi connectivity index (χ0v) is 13.4. The Bertz CT molecular complexity index is 526. The van der Waals surface area contributed by atoms with Gasteiger partial charge in [-0.15, -0.1) is 0 Å². The van der Waals surface area contributed by atoms with Crippen molar-refractivity contribution in [2.45, 2.75) is 51.0 Å². The van der Waals surface area contributed by atoms with E-state index >= 15 is 0 Å². The summed E-state index contributed by atoms with van der Waals surface area (Å²) in [5.41, 5.74) is 0.257. The van der Waals surface area contributed by atoms with E-state index in [1.54, 1.807) is 6.07 Å². The summed E-state index contributed by atoms with van der Waals surface area (Å²) in [7, 11) is 0. The topological polar surface area (TPSA) is 72.2 Å². The molecular formula is C15H19BrN2O3. The summed E-state index contributed by atoms with van der Waals surface area (Å²) in [5, 5.41) is 13.8. The number of carbonyl (C=O) groups is 1. The van der Waals surface area contributed by atoms with Crippen LogP contribution in [0.1, 0.15) is 55.3 Å². The van der Waals surface area contributed by atoms with Gasteiger partial charge in [-0.1, -0.05) is 32.1 Å². The quantitative estimate of drug-likeness (QED) is 0.652. The molecule has 0 radical (unpaired) electrons. The van der Waals surface area contributed by atoms with Crippen molar-refractivity contribution in [1.82, 2.24) is 5.32 Å². The van der Waals surface area contributed by atoms with Crippen molar-refractivity contribution in [3.05, 3.63) is 38.3 Å². The molecule has 1 amide bonds. The van der Waals surface area contributed by atoms with Gasteiger partial charge in [0, 0.05) is 22.6 Å². The molecule has 1 aliphatic carbocycles. The first-order valence-corrected chi connectivity index (χ1v) is 8.12. The Labute approximate surface area is 132 Å². The summed E-state index contributed by atoms with van der Waals surface area (Å²) in [5.74, 6) is -0.240. The lowest BCUT2D eigenvalue weighted by Gasteiger charge is -2.21. The van der Waals surface area contributed by atoms with Gasteiger partial charge in [-0.3, -0.25) is 14.9 Å². The smallest absolute Gasteiger partial charge is 0.270 e. The highest BCUT2D eigenvalue weighted by atomic mass is 79.9. The second-order valence-electron chi connectivity index (χ2n) is 5.44. The molecule has 6 heteroatoms. The van der Waals surface area contributed by atoms with Crippen molar-refractivity contribution in [2.75, 3.05) is 0 Å². The van der Waals surface area contributed by atoms with Crippen LogP contribution in [0.3, 0.4) is 0 Å². The fraction of sp³-hybridized carbons (Fsp3) is 0.533. The lowest BCUT2D eigenvalue weighted by Crippen LogP contribution is -2.35. The second-order valence-corrected chi connectivity index (χ2v) is 6.29. The lowest BCUT2D eigenvalue weighted by molar-refractivity contribution is -0.384. The maximum Gasteiger partial charge on any atom is 0.270 e. The number of halogens is 1. The summed E-state index contributed by atoms with van der Waals surface area (Å²) >= 11 is 3.29. The summed E-state index contributed by atoms with van der Waals surface area (Å²) in [4.78, 5) is 22.7. The first-order chi connectivity index (χ1) is 10.1. The predicted molar refractivity (Wildman–Crippen MR) is 84.4 cm³/mol. The molecule has 2 rings (SSSR count). The Balaban J connectivity index is 2.08. The maximum atomic E-state index is 12.3. The molecule has 0 heterocycles. The summed E-state index contributed by atoms with van der Waals surface area (Å²) in [6, 6.07) is 4.42. The number of non-ortho nitro benzene ring substituents is 1. The molecule has 1 aromatic rings. The highest BCUT2D eigenvalue weighted by Crippen LogP contribution is 2.23. The minimum Gasteiger partial charge on any atom is -0.349 e. The van der Waals surface area contributed by atoms with Gasteiger partial charge in [0.2, 0.25) is 0 Å². The van der Waals surface area contributed by atoms with Gasteiger partial charge in [0.05, 0.1) is 10.5 Å². The standard InChI is InChI=1S/C15H19BrN2O3/c16-14-9-8-12(18(20)21)10-13(14)15(19)17-11-6-4-2-1-3-5-7-11/h8-11H,1-7H2,(H,17,19). The zero-order valence-electron chi connectivity index (χ0n) is 11.8. The molecule has 114 valence electrons. The van der Waals surface area contributed by atoms with Gasteiger partial charge in [-0.05, 0) is 34.8 Å². The van der Waals surface area contributed by atoms with E-state index < -0.39 is 4.92 Å². The van der Waals surface area contributed by atoms with Crippen LogP contribution in [0.4, 0.5) is 5.69 Å². The van der Waals surface area contributed by atoms with Gasteiger partial charge in [-0.2, -0.15) is 0 Å². The number of rotatable bonds is 3. The minimum absolute atomic E-state index is 0.0685. The van der Waals surface area contributed by atoms with Crippen molar-refractivity contribution in [3.8, 4) is 0 Å². The van der Waals surface area contributed by atoms with E-state index in [2.05, 4.69) is 21.2 Å². The van der Waals surface area contributed by atoms with Crippen LogP contribution in [0.5, 0.6) is 0 Å². The molecular weight excluding hydrogens is 336 g/mol. The van der Waals surface area contributed by atoms with Crippen LogP contribution < -0.4 is 5.32 Å². The average molecular weight is 355 g/mol. The summed E-state index contributed by atoms with van der Waals surface area (Å²) < 4.78 is 0.580. The third-order valence-corrected chi connectivity index (χ3v) is 4.54. The number of nitro benzene ring substituents is 1. The van der Waals surface area contributed by atoms with Crippen molar-refractivity contribution in [3.63, 3.8) is 0 Å². The molecule has 5 nitrogen and oxygen atoms in total. The Morgan fingerprint density at radius 1 is 1.19 bits per heavy atom.